The number of aryl methyl sites for hydroxylation is 2. The number of nitrogens with two attached hydrogens (primary N) is 1. The second-order valence-corrected chi connectivity index (χ2v) is 5.61. The molecule has 3 rings (SSSR count). The summed E-state index contributed by atoms with van der Waals surface area (Å²) in [6, 6.07) is 4.31. The lowest BCUT2D eigenvalue weighted by Gasteiger charge is -2.04. The molecule has 0 aliphatic heterocycles. The fourth-order valence-electron chi connectivity index (χ4n) is 2.00. The molecule has 0 atom stereocenters. The first-order chi connectivity index (χ1) is 8.63. The van der Waals surface area contributed by atoms with Gasteiger partial charge in [0.1, 0.15) is 0 Å². The average Bonchev–Trinajstić information content (AvgIpc) is 2.89. The highest BCUT2D eigenvalue weighted by Crippen LogP contribution is 2.21. The molecule has 0 spiro atoms. The number of hydrogen-bond donors (Lipinski definition) is 1. The number of fused-ring (bicyclic) bond motifs is 1. The fraction of sp³-hybridized carbons (Fsp3) is 0.231. The molecule has 0 aliphatic rings. The van der Waals surface area contributed by atoms with E-state index < -0.39 is 0 Å². The summed E-state index contributed by atoms with van der Waals surface area (Å²) in [5.74, 6) is 0. The van der Waals surface area contributed by atoms with E-state index in [0.29, 0.717) is 5.13 Å². The van der Waals surface area contributed by atoms with Crippen LogP contribution in [0.4, 0.5) is 5.13 Å². The summed E-state index contributed by atoms with van der Waals surface area (Å²) >= 11 is 1.52. The Morgan fingerprint density at radius 1 is 1.22 bits per heavy atom. The monoisotopic (exact) mass is 258 g/mol. The number of nitrogens with zero attached hydrogens (tertiary/aromatic N) is 3. The van der Waals surface area contributed by atoms with Crippen molar-refractivity contribution in [2.24, 2.45) is 0 Å². The van der Waals surface area contributed by atoms with Crippen LogP contribution in [0.2, 0.25) is 0 Å². The van der Waals surface area contributed by atoms with Gasteiger partial charge < -0.3 is 10.3 Å². The SMILES string of the molecule is Cc1cc2ncn(Cc3cnc(N)s3)c2cc1C. The topological polar surface area (TPSA) is 56.7 Å². The smallest absolute Gasteiger partial charge is 0.180 e. The molecule has 4 nitrogen and oxygen atoms in total. The number of aromatic nitrogens is 3. The van der Waals surface area contributed by atoms with E-state index in [2.05, 4.69) is 40.5 Å². The number of hydrogen-bond acceptors (Lipinski definition) is 4. The Kier molecular flexibility index (Phi) is 2.56. The summed E-state index contributed by atoms with van der Waals surface area (Å²) in [5, 5.41) is 0.612. The van der Waals surface area contributed by atoms with Crippen LogP contribution in [0.1, 0.15) is 16.0 Å². The van der Waals surface area contributed by atoms with Gasteiger partial charge in [0.2, 0.25) is 0 Å². The van der Waals surface area contributed by atoms with Crippen molar-refractivity contribution in [1.82, 2.24) is 14.5 Å². The van der Waals surface area contributed by atoms with Crippen molar-refractivity contribution in [3.05, 3.63) is 40.7 Å². The zero-order valence-corrected chi connectivity index (χ0v) is 11.2. The Labute approximate surface area is 109 Å². The van der Waals surface area contributed by atoms with Gasteiger partial charge in [0, 0.05) is 11.1 Å². The predicted molar refractivity (Wildman–Crippen MR) is 74.8 cm³/mol. The highest BCUT2D eigenvalue weighted by Gasteiger charge is 2.07. The molecule has 0 amide bonds. The Morgan fingerprint density at radius 2 is 2.00 bits per heavy atom. The first-order valence-corrected chi connectivity index (χ1v) is 6.57. The molecule has 5 heteroatoms. The molecule has 2 aromatic heterocycles. The van der Waals surface area contributed by atoms with Crippen molar-refractivity contribution >= 4 is 27.5 Å². The highest BCUT2D eigenvalue weighted by atomic mass is 32.1. The van der Waals surface area contributed by atoms with E-state index in [9.17, 15) is 0 Å². The largest absolute Gasteiger partial charge is 0.375 e. The third-order valence-corrected chi connectivity index (χ3v) is 3.95. The van der Waals surface area contributed by atoms with E-state index >= 15 is 0 Å². The standard InChI is InChI=1S/C13H14N4S/c1-8-3-11-12(4-9(8)2)17(7-16-11)6-10-5-15-13(14)18-10/h3-5,7H,6H2,1-2H3,(H2,14,15). The van der Waals surface area contributed by atoms with Crippen molar-refractivity contribution < 1.29 is 0 Å². The van der Waals surface area contributed by atoms with Crippen LogP contribution >= 0.6 is 11.3 Å². The van der Waals surface area contributed by atoms with Crippen molar-refractivity contribution in [1.29, 1.82) is 0 Å². The van der Waals surface area contributed by atoms with Gasteiger partial charge in [-0.05, 0) is 37.1 Å². The van der Waals surface area contributed by atoms with Crippen molar-refractivity contribution in [2.45, 2.75) is 20.4 Å². The molecule has 0 saturated heterocycles. The molecule has 0 bridgehead atoms. The Hall–Kier alpha value is -1.88. The van der Waals surface area contributed by atoms with Gasteiger partial charge in [-0.2, -0.15) is 0 Å². The Balaban J connectivity index is 2.04. The molecule has 0 aliphatic carbocycles. The van der Waals surface area contributed by atoms with Crippen LogP contribution in [-0.4, -0.2) is 14.5 Å². The van der Waals surface area contributed by atoms with Crippen molar-refractivity contribution in [3.8, 4) is 0 Å². The third kappa shape index (κ3) is 1.86. The summed E-state index contributed by atoms with van der Waals surface area (Å²) in [5.41, 5.74) is 10.4. The Bertz CT molecular complexity index is 711. The molecule has 0 saturated carbocycles. The molecule has 1 aromatic carbocycles. The average molecular weight is 258 g/mol. The van der Waals surface area contributed by atoms with Crippen LogP contribution < -0.4 is 5.73 Å². The normalized spacial score (nSPS) is 11.2. The maximum absolute atomic E-state index is 5.65. The van der Waals surface area contributed by atoms with E-state index in [0.717, 1.165) is 22.5 Å². The fourth-order valence-corrected chi connectivity index (χ4v) is 2.69. The van der Waals surface area contributed by atoms with Crippen LogP contribution in [0, 0.1) is 13.8 Å². The van der Waals surface area contributed by atoms with Gasteiger partial charge in [0.25, 0.3) is 0 Å². The highest BCUT2D eigenvalue weighted by molar-refractivity contribution is 7.15. The number of thiazole rings is 1. The molecule has 0 radical (unpaired) electrons. The van der Waals surface area contributed by atoms with Crippen LogP contribution in [0.5, 0.6) is 0 Å². The van der Waals surface area contributed by atoms with Gasteiger partial charge in [-0.25, -0.2) is 9.97 Å². The summed E-state index contributed by atoms with van der Waals surface area (Å²) in [7, 11) is 0. The van der Waals surface area contributed by atoms with Gasteiger partial charge in [0.05, 0.1) is 23.9 Å². The van der Waals surface area contributed by atoms with Crippen LogP contribution in [0.15, 0.2) is 24.7 Å². The van der Waals surface area contributed by atoms with E-state index in [1.807, 2.05) is 12.5 Å². The second kappa shape index (κ2) is 4.10. The molecular formula is C13H14N4S. The lowest BCUT2D eigenvalue weighted by Crippen LogP contribution is -1.96. The van der Waals surface area contributed by atoms with Gasteiger partial charge >= 0.3 is 0 Å². The quantitative estimate of drug-likeness (QED) is 0.769. The lowest BCUT2D eigenvalue weighted by atomic mass is 10.1. The number of benzene rings is 1. The second-order valence-electron chi connectivity index (χ2n) is 4.46. The minimum atomic E-state index is 0.612. The number of imidazole rings is 1. The summed E-state index contributed by atoms with van der Waals surface area (Å²) < 4.78 is 2.13. The van der Waals surface area contributed by atoms with E-state index in [1.165, 1.54) is 22.5 Å². The zero-order valence-electron chi connectivity index (χ0n) is 10.3. The van der Waals surface area contributed by atoms with Gasteiger partial charge in [-0.3, -0.25) is 0 Å². The van der Waals surface area contributed by atoms with Crippen molar-refractivity contribution in [3.63, 3.8) is 0 Å². The molecular weight excluding hydrogens is 244 g/mol. The maximum atomic E-state index is 5.65. The first kappa shape index (κ1) is 11.2. The van der Waals surface area contributed by atoms with Gasteiger partial charge in [0.15, 0.2) is 5.13 Å². The molecule has 0 unspecified atom stereocenters. The minimum Gasteiger partial charge on any atom is -0.375 e. The van der Waals surface area contributed by atoms with Crippen LogP contribution in [0.25, 0.3) is 11.0 Å². The number of rotatable bonds is 2. The Morgan fingerprint density at radius 3 is 2.72 bits per heavy atom. The molecule has 2 heterocycles. The summed E-state index contributed by atoms with van der Waals surface area (Å²) in [6.45, 7) is 5.00. The van der Waals surface area contributed by atoms with Crippen LogP contribution in [-0.2, 0) is 6.54 Å². The molecule has 2 N–H and O–H groups in total. The number of nitrogen functional groups attached to an aromatic ring is 1. The predicted octanol–water partition coefficient (Wildman–Crippen LogP) is 2.74. The van der Waals surface area contributed by atoms with Crippen LogP contribution in [0.3, 0.4) is 0 Å². The van der Waals surface area contributed by atoms with Gasteiger partial charge in [-0.1, -0.05) is 0 Å². The summed E-state index contributed by atoms with van der Waals surface area (Å²) in [6.07, 6.45) is 3.70. The lowest BCUT2D eigenvalue weighted by molar-refractivity contribution is 0.835. The molecule has 92 valence electrons. The number of anilines is 1. The third-order valence-electron chi connectivity index (χ3n) is 3.13. The first-order valence-electron chi connectivity index (χ1n) is 5.76. The van der Waals surface area contributed by atoms with E-state index in [-0.39, 0.29) is 0 Å². The molecule has 0 fully saturated rings. The van der Waals surface area contributed by atoms with Crippen molar-refractivity contribution in [2.75, 3.05) is 5.73 Å². The van der Waals surface area contributed by atoms with E-state index in [1.54, 1.807) is 0 Å². The maximum Gasteiger partial charge on any atom is 0.180 e. The van der Waals surface area contributed by atoms with E-state index in [4.69, 9.17) is 5.73 Å². The summed E-state index contributed by atoms with van der Waals surface area (Å²) in [4.78, 5) is 9.65. The minimum absolute atomic E-state index is 0.612. The molecule has 3 aromatic rings. The van der Waals surface area contributed by atoms with Gasteiger partial charge in [-0.15, -0.1) is 11.3 Å². The molecule has 18 heavy (non-hydrogen) atoms. The zero-order chi connectivity index (χ0) is 12.7.